The van der Waals surface area contributed by atoms with Crippen LogP contribution >= 0.6 is 0 Å². The summed E-state index contributed by atoms with van der Waals surface area (Å²) in [6, 6.07) is 4.15. The lowest BCUT2D eigenvalue weighted by atomic mass is 10.1. The van der Waals surface area contributed by atoms with E-state index in [2.05, 4.69) is 0 Å². The summed E-state index contributed by atoms with van der Waals surface area (Å²) >= 11 is 0. The molecule has 0 fully saturated rings. The van der Waals surface area contributed by atoms with Crippen molar-refractivity contribution in [3.63, 3.8) is 0 Å². The number of carbonyl (C=O) groups excluding carboxylic acids is 1. The van der Waals surface area contributed by atoms with E-state index >= 15 is 0 Å². The highest BCUT2D eigenvalue weighted by atomic mass is 19.1. The van der Waals surface area contributed by atoms with Crippen molar-refractivity contribution in [3.8, 4) is 0 Å². The van der Waals surface area contributed by atoms with E-state index in [-0.39, 0.29) is 11.5 Å². The molecule has 70 valence electrons. The molecule has 0 bridgehead atoms. The summed E-state index contributed by atoms with van der Waals surface area (Å²) < 4.78 is 12.9. The summed E-state index contributed by atoms with van der Waals surface area (Å²) in [6.45, 7) is 1.91. The first-order valence-corrected chi connectivity index (χ1v) is 4.23. The second-order valence-electron chi connectivity index (χ2n) is 2.91. The lowest BCUT2D eigenvalue weighted by Gasteiger charge is -2.00. The van der Waals surface area contributed by atoms with Gasteiger partial charge in [-0.15, -0.1) is 0 Å². The summed E-state index contributed by atoms with van der Waals surface area (Å²) in [5.74, 6) is -0.566. The van der Waals surface area contributed by atoms with Gasteiger partial charge < -0.3 is 5.73 Å². The summed E-state index contributed by atoms with van der Waals surface area (Å²) in [6.07, 6.45) is 1.22. The van der Waals surface area contributed by atoms with Gasteiger partial charge in [-0.05, 0) is 24.6 Å². The molecule has 0 unspecified atom stereocenters. The van der Waals surface area contributed by atoms with Crippen LogP contribution in [0.25, 0.3) is 0 Å². The fraction of sp³-hybridized carbons (Fsp3) is 0.300. The standard InChI is InChI=1S/C10H12FNO/c1-2-3-10(13)7-4-5-9(12)8(11)6-7/h4-6H,2-3,12H2,1H3. The Labute approximate surface area is 76.6 Å². The van der Waals surface area contributed by atoms with E-state index in [0.29, 0.717) is 12.0 Å². The van der Waals surface area contributed by atoms with Gasteiger partial charge in [0.1, 0.15) is 5.82 Å². The van der Waals surface area contributed by atoms with Gasteiger partial charge in [0.15, 0.2) is 5.78 Å². The van der Waals surface area contributed by atoms with Gasteiger partial charge in [-0.3, -0.25) is 4.79 Å². The van der Waals surface area contributed by atoms with Crippen molar-refractivity contribution in [2.24, 2.45) is 0 Å². The molecule has 13 heavy (non-hydrogen) atoms. The van der Waals surface area contributed by atoms with E-state index in [1.165, 1.54) is 12.1 Å². The molecule has 0 amide bonds. The SMILES string of the molecule is CCCC(=O)c1ccc(N)c(F)c1. The molecule has 0 spiro atoms. The third-order valence-corrected chi connectivity index (χ3v) is 1.80. The highest BCUT2D eigenvalue weighted by Crippen LogP contribution is 2.13. The fourth-order valence-electron chi connectivity index (χ4n) is 1.07. The topological polar surface area (TPSA) is 43.1 Å². The Morgan fingerprint density at radius 2 is 2.23 bits per heavy atom. The predicted molar refractivity (Wildman–Crippen MR) is 50.1 cm³/mol. The zero-order valence-corrected chi connectivity index (χ0v) is 7.51. The van der Waals surface area contributed by atoms with Crippen LogP contribution in [0.4, 0.5) is 10.1 Å². The van der Waals surface area contributed by atoms with Crippen molar-refractivity contribution in [1.29, 1.82) is 0 Å². The minimum absolute atomic E-state index is 0.0404. The lowest BCUT2D eigenvalue weighted by Crippen LogP contribution is -2.00. The molecule has 2 nitrogen and oxygen atoms in total. The second-order valence-corrected chi connectivity index (χ2v) is 2.91. The molecule has 0 aromatic heterocycles. The number of hydrogen-bond acceptors (Lipinski definition) is 2. The van der Waals surface area contributed by atoms with E-state index < -0.39 is 5.82 Å². The Balaban J connectivity index is 2.90. The van der Waals surface area contributed by atoms with Crippen LogP contribution in [0.3, 0.4) is 0 Å². The van der Waals surface area contributed by atoms with E-state index in [9.17, 15) is 9.18 Å². The molecule has 1 aromatic rings. The molecule has 0 saturated heterocycles. The quantitative estimate of drug-likeness (QED) is 0.574. The van der Waals surface area contributed by atoms with Crippen molar-refractivity contribution in [2.45, 2.75) is 19.8 Å². The maximum Gasteiger partial charge on any atom is 0.162 e. The van der Waals surface area contributed by atoms with E-state index in [4.69, 9.17) is 5.73 Å². The van der Waals surface area contributed by atoms with Gasteiger partial charge in [0.2, 0.25) is 0 Å². The number of anilines is 1. The van der Waals surface area contributed by atoms with Crippen molar-refractivity contribution >= 4 is 11.5 Å². The van der Waals surface area contributed by atoms with Gasteiger partial charge in [-0.2, -0.15) is 0 Å². The Morgan fingerprint density at radius 3 is 2.77 bits per heavy atom. The molecular weight excluding hydrogens is 169 g/mol. The molecule has 0 saturated carbocycles. The van der Waals surface area contributed by atoms with Crippen LogP contribution in [0.15, 0.2) is 18.2 Å². The van der Waals surface area contributed by atoms with E-state index in [0.717, 1.165) is 6.42 Å². The number of Topliss-reactive ketones (excluding diaryl/α,β-unsaturated/α-hetero) is 1. The van der Waals surface area contributed by atoms with Crippen LogP contribution in [0, 0.1) is 5.82 Å². The average Bonchev–Trinajstić information content (AvgIpc) is 2.10. The monoisotopic (exact) mass is 181 g/mol. The Kier molecular flexibility index (Phi) is 3.01. The molecule has 1 rings (SSSR count). The summed E-state index contributed by atoms with van der Waals surface area (Å²) in [5.41, 5.74) is 5.75. The Morgan fingerprint density at radius 1 is 1.54 bits per heavy atom. The molecule has 0 aliphatic heterocycles. The highest BCUT2D eigenvalue weighted by molar-refractivity contribution is 5.96. The molecule has 1 aromatic carbocycles. The van der Waals surface area contributed by atoms with Gasteiger partial charge in [0.25, 0.3) is 0 Å². The first-order valence-electron chi connectivity index (χ1n) is 4.23. The number of carbonyl (C=O) groups is 1. The van der Waals surface area contributed by atoms with Crippen LogP contribution in [-0.4, -0.2) is 5.78 Å². The number of benzene rings is 1. The highest BCUT2D eigenvalue weighted by Gasteiger charge is 2.06. The maximum atomic E-state index is 12.9. The van der Waals surface area contributed by atoms with Crippen LogP contribution < -0.4 is 5.73 Å². The summed E-state index contributed by atoms with van der Waals surface area (Å²) in [5, 5.41) is 0. The minimum Gasteiger partial charge on any atom is -0.396 e. The van der Waals surface area contributed by atoms with Crippen molar-refractivity contribution in [1.82, 2.24) is 0 Å². The zero-order chi connectivity index (χ0) is 9.84. The minimum atomic E-state index is -0.526. The number of rotatable bonds is 3. The summed E-state index contributed by atoms with van der Waals surface area (Å²) in [4.78, 5) is 11.3. The van der Waals surface area contributed by atoms with Gasteiger partial charge in [-0.25, -0.2) is 4.39 Å². The average molecular weight is 181 g/mol. The first kappa shape index (κ1) is 9.71. The van der Waals surface area contributed by atoms with E-state index in [1.807, 2.05) is 6.92 Å². The zero-order valence-electron chi connectivity index (χ0n) is 7.51. The van der Waals surface area contributed by atoms with E-state index in [1.54, 1.807) is 6.07 Å². The number of halogens is 1. The largest absolute Gasteiger partial charge is 0.396 e. The van der Waals surface area contributed by atoms with Crippen molar-refractivity contribution in [2.75, 3.05) is 5.73 Å². The number of nitrogens with two attached hydrogens (primary N) is 1. The third-order valence-electron chi connectivity index (χ3n) is 1.80. The van der Waals surface area contributed by atoms with Crippen molar-refractivity contribution < 1.29 is 9.18 Å². The maximum absolute atomic E-state index is 12.9. The van der Waals surface area contributed by atoms with Crippen molar-refractivity contribution in [3.05, 3.63) is 29.6 Å². The van der Waals surface area contributed by atoms with Gasteiger partial charge in [0.05, 0.1) is 5.69 Å². The Hall–Kier alpha value is -1.38. The summed E-state index contributed by atoms with van der Waals surface area (Å²) in [7, 11) is 0. The molecule has 3 heteroatoms. The number of nitrogen functional groups attached to an aromatic ring is 1. The van der Waals surface area contributed by atoms with Crippen LogP contribution in [-0.2, 0) is 0 Å². The number of hydrogen-bond donors (Lipinski definition) is 1. The molecule has 0 aliphatic rings. The lowest BCUT2D eigenvalue weighted by molar-refractivity contribution is 0.0981. The van der Waals surface area contributed by atoms with Crippen LogP contribution in [0.5, 0.6) is 0 Å². The molecular formula is C10H12FNO. The number of ketones is 1. The first-order chi connectivity index (χ1) is 6.15. The van der Waals surface area contributed by atoms with Crippen LogP contribution in [0.2, 0.25) is 0 Å². The van der Waals surface area contributed by atoms with Crippen LogP contribution in [0.1, 0.15) is 30.1 Å². The molecule has 0 radical (unpaired) electrons. The van der Waals surface area contributed by atoms with Gasteiger partial charge in [0, 0.05) is 12.0 Å². The molecule has 0 atom stereocenters. The smallest absolute Gasteiger partial charge is 0.162 e. The van der Waals surface area contributed by atoms with Gasteiger partial charge in [-0.1, -0.05) is 6.92 Å². The molecule has 2 N–H and O–H groups in total. The molecule has 0 aliphatic carbocycles. The normalized spacial score (nSPS) is 10.0. The van der Waals surface area contributed by atoms with Gasteiger partial charge >= 0.3 is 0 Å². The third kappa shape index (κ3) is 2.28. The predicted octanol–water partition coefficient (Wildman–Crippen LogP) is 2.39. The fourth-order valence-corrected chi connectivity index (χ4v) is 1.07. The molecule has 0 heterocycles. The second kappa shape index (κ2) is 4.03. The Bertz CT molecular complexity index is 323.